The van der Waals surface area contributed by atoms with Gasteiger partial charge in [-0.2, -0.15) is 5.10 Å². The molecule has 0 saturated carbocycles. The van der Waals surface area contributed by atoms with E-state index < -0.39 is 0 Å². The van der Waals surface area contributed by atoms with Crippen molar-refractivity contribution in [2.75, 3.05) is 6.54 Å². The lowest BCUT2D eigenvalue weighted by atomic mass is 10.2. The summed E-state index contributed by atoms with van der Waals surface area (Å²) in [6.07, 6.45) is 6.49. The number of aromatic amines is 1. The third kappa shape index (κ3) is 3.38. The zero-order valence-electron chi connectivity index (χ0n) is 12.0. The van der Waals surface area contributed by atoms with Crippen molar-refractivity contribution in [3.8, 4) is 11.5 Å². The Labute approximate surface area is 123 Å². The van der Waals surface area contributed by atoms with Gasteiger partial charge in [0.1, 0.15) is 11.5 Å². The molecule has 0 bridgehead atoms. The Morgan fingerprint density at radius 1 is 1.24 bits per heavy atom. The van der Waals surface area contributed by atoms with Crippen molar-refractivity contribution in [2.45, 2.75) is 19.9 Å². The number of hydrogen-bond acceptors (Lipinski definition) is 4. The van der Waals surface area contributed by atoms with Gasteiger partial charge in [-0.05, 0) is 43.7 Å². The van der Waals surface area contributed by atoms with Gasteiger partial charge in [-0.25, -0.2) is 0 Å². The topological polar surface area (TPSA) is 66.7 Å². The van der Waals surface area contributed by atoms with Crippen LogP contribution in [0.1, 0.15) is 16.9 Å². The minimum Gasteiger partial charge on any atom is -0.460 e. The van der Waals surface area contributed by atoms with Crippen LogP contribution in [0.4, 0.5) is 0 Å². The number of aromatic nitrogens is 3. The van der Waals surface area contributed by atoms with E-state index in [1.807, 2.05) is 37.5 Å². The number of rotatable bonds is 6. The molecule has 0 spiro atoms. The van der Waals surface area contributed by atoms with Crippen LogP contribution in [0.2, 0.25) is 0 Å². The maximum absolute atomic E-state index is 5.64. The summed E-state index contributed by atoms with van der Waals surface area (Å²) in [5.74, 6) is 1.73. The van der Waals surface area contributed by atoms with E-state index >= 15 is 0 Å². The van der Waals surface area contributed by atoms with Crippen LogP contribution in [0.5, 0.6) is 0 Å². The first kappa shape index (κ1) is 13.6. The van der Waals surface area contributed by atoms with E-state index in [2.05, 4.69) is 26.6 Å². The smallest absolute Gasteiger partial charge is 0.152 e. The predicted octanol–water partition coefficient (Wildman–Crippen LogP) is 2.71. The van der Waals surface area contributed by atoms with Gasteiger partial charge >= 0.3 is 0 Å². The predicted molar refractivity (Wildman–Crippen MR) is 80.7 cm³/mol. The van der Waals surface area contributed by atoms with E-state index in [1.165, 1.54) is 5.56 Å². The third-order valence-corrected chi connectivity index (χ3v) is 3.33. The quantitative estimate of drug-likeness (QED) is 0.682. The fourth-order valence-corrected chi connectivity index (χ4v) is 2.23. The first-order valence-electron chi connectivity index (χ1n) is 7.01. The van der Waals surface area contributed by atoms with Gasteiger partial charge < -0.3 is 9.73 Å². The van der Waals surface area contributed by atoms with E-state index in [1.54, 1.807) is 6.20 Å². The Hall–Kier alpha value is -2.40. The molecule has 3 aromatic heterocycles. The maximum Gasteiger partial charge on any atom is 0.152 e. The largest absolute Gasteiger partial charge is 0.460 e. The number of furan rings is 1. The lowest BCUT2D eigenvalue weighted by molar-refractivity contribution is 0.545. The summed E-state index contributed by atoms with van der Waals surface area (Å²) < 4.78 is 5.64. The zero-order chi connectivity index (χ0) is 14.5. The number of nitrogens with one attached hydrogen (secondary N) is 2. The average Bonchev–Trinajstić information content (AvgIpc) is 3.13. The molecule has 21 heavy (non-hydrogen) atoms. The summed E-state index contributed by atoms with van der Waals surface area (Å²) >= 11 is 0. The second kappa shape index (κ2) is 6.37. The molecule has 0 saturated heterocycles. The second-order valence-corrected chi connectivity index (χ2v) is 4.97. The van der Waals surface area contributed by atoms with Crippen molar-refractivity contribution >= 4 is 0 Å². The molecule has 0 atom stereocenters. The normalized spacial score (nSPS) is 10.9. The molecule has 3 rings (SSSR count). The molecule has 3 aromatic rings. The van der Waals surface area contributed by atoms with Crippen molar-refractivity contribution in [3.63, 3.8) is 0 Å². The molecule has 3 heterocycles. The van der Waals surface area contributed by atoms with Gasteiger partial charge in [0, 0.05) is 24.5 Å². The van der Waals surface area contributed by atoms with E-state index in [4.69, 9.17) is 4.42 Å². The summed E-state index contributed by atoms with van der Waals surface area (Å²) in [4.78, 5) is 4.11. The van der Waals surface area contributed by atoms with Crippen molar-refractivity contribution in [1.29, 1.82) is 0 Å². The van der Waals surface area contributed by atoms with E-state index in [9.17, 15) is 0 Å². The highest BCUT2D eigenvalue weighted by Crippen LogP contribution is 2.23. The van der Waals surface area contributed by atoms with Crippen LogP contribution >= 0.6 is 0 Å². The SMILES string of the molecule is Cc1ccc(-c2[nH]ncc2CNCCc2cccnc2)o1. The summed E-state index contributed by atoms with van der Waals surface area (Å²) in [5.41, 5.74) is 3.28. The monoisotopic (exact) mass is 282 g/mol. The van der Waals surface area contributed by atoms with Crippen LogP contribution < -0.4 is 5.32 Å². The first-order chi connectivity index (χ1) is 10.3. The number of aryl methyl sites for hydroxylation is 1. The fourth-order valence-electron chi connectivity index (χ4n) is 2.23. The molecule has 0 aliphatic rings. The van der Waals surface area contributed by atoms with Gasteiger partial charge in [0.15, 0.2) is 5.76 Å². The molecule has 2 N–H and O–H groups in total. The molecule has 0 aliphatic carbocycles. The Morgan fingerprint density at radius 2 is 2.19 bits per heavy atom. The molecule has 0 fully saturated rings. The first-order valence-corrected chi connectivity index (χ1v) is 7.01. The lowest BCUT2D eigenvalue weighted by Gasteiger charge is -2.04. The summed E-state index contributed by atoms with van der Waals surface area (Å²) in [5, 5.41) is 10.5. The van der Waals surface area contributed by atoms with Gasteiger partial charge in [0.25, 0.3) is 0 Å². The molecule has 0 amide bonds. The van der Waals surface area contributed by atoms with E-state index in [0.29, 0.717) is 0 Å². The van der Waals surface area contributed by atoms with Gasteiger partial charge in [0.2, 0.25) is 0 Å². The van der Waals surface area contributed by atoms with E-state index in [0.717, 1.165) is 42.3 Å². The molecule has 5 heteroatoms. The number of pyridine rings is 1. The maximum atomic E-state index is 5.64. The van der Waals surface area contributed by atoms with Gasteiger partial charge in [-0.3, -0.25) is 10.1 Å². The Kier molecular flexibility index (Phi) is 4.12. The Bertz CT molecular complexity index is 687. The van der Waals surface area contributed by atoms with E-state index in [-0.39, 0.29) is 0 Å². The van der Waals surface area contributed by atoms with Crippen molar-refractivity contribution < 1.29 is 4.42 Å². The highest BCUT2D eigenvalue weighted by Gasteiger charge is 2.10. The molecule has 0 unspecified atom stereocenters. The van der Waals surface area contributed by atoms with Crippen LogP contribution in [0.15, 0.2) is 47.3 Å². The van der Waals surface area contributed by atoms with Crippen molar-refractivity contribution in [1.82, 2.24) is 20.5 Å². The van der Waals surface area contributed by atoms with Crippen molar-refractivity contribution in [3.05, 3.63) is 59.7 Å². The molecule has 0 aliphatic heterocycles. The molecule has 0 radical (unpaired) electrons. The standard InChI is InChI=1S/C16H18N4O/c1-12-4-5-15(21-12)16-14(11-19-20-16)10-18-8-6-13-3-2-7-17-9-13/h2-5,7,9,11,18H,6,8,10H2,1H3,(H,19,20). The van der Waals surface area contributed by atoms with Gasteiger partial charge in [-0.15, -0.1) is 0 Å². The summed E-state index contributed by atoms with van der Waals surface area (Å²) in [6, 6.07) is 7.96. The zero-order valence-corrected chi connectivity index (χ0v) is 12.0. The molecular weight excluding hydrogens is 264 g/mol. The summed E-state index contributed by atoms with van der Waals surface area (Å²) in [6.45, 7) is 3.59. The highest BCUT2D eigenvalue weighted by molar-refractivity contribution is 5.56. The van der Waals surface area contributed by atoms with Crippen LogP contribution in [0, 0.1) is 6.92 Å². The second-order valence-electron chi connectivity index (χ2n) is 4.97. The number of hydrogen-bond donors (Lipinski definition) is 2. The lowest BCUT2D eigenvalue weighted by Crippen LogP contribution is -2.16. The highest BCUT2D eigenvalue weighted by atomic mass is 16.3. The minimum absolute atomic E-state index is 0.756. The summed E-state index contributed by atoms with van der Waals surface area (Å²) in [7, 11) is 0. The minimum atomic E-state index is 0.756. The molecular formula is C16H18N4O. The Balaban J connectivity index is 1.56. The third-order valence-electron chi connectivity index (χ3n) is 3.33. The van der Waals surface area contributed by atoms with Crippen molar-refractivity contribution in [2.24, 2.45) is 0 Å². The van der Waals surface area contributed by atoms with Crippen LogP contribution in [0.25, 0.3) is 11.5 Å². The molecule has 5 nitrogen and oxygen atoms in total. The Morgan fingerprint density at radius 3 is 2.95 bits per heavy atom. The molecule has 0 aromatic carbocycles. The van der Waals surface area contributed by atoms with Crippen LogP contribution in [-0.4, -0.2) is 21.7 Å². The number of H-pyrrole nitrogens is 1. The number of nitrogens with zero attached hydrogens (tertiary/aromatic N) is 2. The van der Waals surface area contributed by atoms with Gasteiger partial charge in [-0.1, -0.05) is 6.07 Å². The fraction of sp³-hybridized carbons (Fsp3) is 0.250. The van der Waals surface area contributed by atoms with Crippen LogP contribution in [-0.2, 0) is 13.0 Å². The van der Waals surface area contributed by atoms with Gasteiger partial charge in [0.05, 0.1) is 6.20 Å². The molecule has 108 valence electrons. The van der Waals surface area contributed by atoms with Crippen LogP contribution in [0.3, 0.4) is 0 Å². The average molecular weight is 282 g/mol.